The van der Waals surface area contributed by atoms with Crippen LogP contribution in [0.2, 0.25) is 13.1 Å². The molecule has 0 N–H and O–H groups in total. The van der Waals surface area contributed by atoms with Gasteiger partial charge in [-0.3, -0.25) is 4.98 Å². The summed E-state index contributed by atoms with van der Waals surface area (Å²) in [5.74, 6) is 2.76. The quantitative estimate of drug-likeness (QED) is 0.130. The average Bonchev–Trinajstić information content (AvgIpc) is 3.61. The fourth-order valence-corrected chi connectivity index (χ4v) is 7.98. The highest BCUT2D eigenvalue weighted by molar-refractivity contribution is 6.26. The molecule has 2 unspecified atom stereocenters. The van der Waals surface area contributed by atoms with Crippen LogP contribution in [0.15, 0.2) is 53.2 Å². The number of nitrogens with zero attached hydrogens (tertiary/aromatic N) is 5. The number of ether oxygens (including phenoxy) is 1. The van der Waals surface area contributed by atoms with Gasteiger partial charge in [0, 0.05) is 35.7 Å². The molecule has 0 aliphatic carbocycles. The Morgan fingerprint density at radius 2 is 1.70 bits per heavy atom. The van der Waals surface area contributed by atoms with Crippen LogP contribution in [0.5, 0.6) is 5.75 Å². The molecule has 11 heteroatoms. The summed E-state index contributed by atoms with van der Waals surface area (Å²) in [4.78, 5) is 17.0. The number of aryl methyl sites for hydroxylation is 2. The highest BCUT2D eigenvalue weighted by Gasteiger charge is 2.45. The van der Waals surface area contributed by atoms with E-state index in [0.29, 0.717) is 12.4 Å². The molecule has 1 radical (unpaired) electrons. The van der Waals surface area contributed by atoms with Crippen molar-refractivity contribution in [2.75, 3.05) is 4.90 Å². The summed E-state index contributed by atoms with van der Waals surface area (Å²) in [6, 6.07) is 14.2. The van der Waals surface area contributed by atoms with Crippen LogP contribution >= 0.6 is 0 Å². The number of pyridine rings is 1. The highest BCUT2D eigenvalue weighted by atomic mass is 28.2. The van der Waals surface area contributed by atoms with Crippen molar-refractivity contribution in [3.63, 3.8) is 0 Å². The molecule has 2 atom stereocenters. The lowest BCUT2D eigenvalue weighted by atomic mass is 9.69. The molecule has 4 heterocycles. The molecule has 1 aliphatic rings. The molecule has 1 aliphatic heterocycles. The standard InChI is InChI=1S/C35H48N5O4Si2/c1-21(35(7,8)33(43-45-9)44-46-10)31(34(4,5)6)41-26-15-11-13-24(17-26)32-37-27(30-22(2)39-42-23(30)3)18-29(38-32)40-19-25-14-12-16-36-28(25)20-40/h11-18,21,31,33H,1,19-20,45-46H2,2-10H3. The van der Waals surface area contributed by atoms with Crippen molar-refractivity contribution in [3.05, 3.63) is 78.3 Å². The maximum absolute atomic E-state index is 6.86. The van der Waals surface area contributed by atoms with Crippen molar-refractivity contribution in [1.82, 2.24) is 20.1 Å². The zero-order valence-electron chi connectivity index (χ0n) is 28.8. The topological polar surface area (TPSA) is 95.6 Å². The minimum atomic E-state index is -0.667. The van der Waals surface area contributed by atoms with Gasteiger partial charge in [-0.15, -0.1) is 0 Å². The molecule has 245 valence electrons. The van der Waals surface area contributed by atoms with Crippen molar-refractivity contribution in [3.8, 4) is 28.4 Å². The maximum Gasteiger partial charge on any atom is 0.162 e. The Kier molecular flexibility index (Phi) is 10.2. The number of benzene rings is 1. The first-order chi connectivity index (χ1) is 21.8. The Hall–Kier alpha value is -3.39. The summed E-state index contributed by atoms with van der Waals surface area (Å²) >= 11 is 0. The second-order valence-corrected chi connectivity index (χ2v) is 15.5. The second-order valence-electron chi connectivity index (χ2n) is 13.7. The first-order valence-electron chi connectivity index (χ1n) is 16.2. The Morgan fingerprint density at radius 3 is 2.33 bits per heavy atom. The molecule has 0 amide bonds. The van der Waals surface area contributed by atoms with Crippen LogP contribution in [-0.4, -0.2) is 52.0 Å². The van der Waals surface area contributed by atoms with Gasteiger partial charge in [-0.2, -0.15) is 0 Å². The predicted octanol–water partition coefficient (Wildman–Crippen LogP) is 6.22. The number of anilines is 1. The number of aromatic nitrogens is 4. The van der Waals surface area contributed by atoms with Gasteiger partial charge in [-0.25, -0.2) is 9.97 Å². The summed E-state index contributed by atoms with van der Waals surface area (Å²) < 4.78 is 24.8. The minimum Gasteiger partial charge on any atom is -0.490 e. The summed E-state index contributed by atoms with van der Waals surface area (Å²) in [7, 11) is -1.33. The van der Waals surface area contributed by atoms with Gasteiger partial charge in [0.1, 0.15) is 29.7 Å². The summed E-state index contributed by atoms with van der Waals surface area (Å²) in [6.45, 7) is 25.2. The molecule has 0 bridgehead atoms. The van der Waals surface area contributed by atoms with Crippen LogP contribution in [0.4, 0.5) is 5.82 Å². The van der Waals surface area contributed by atoms with Gasteiger partial charge in [0.25, 0.3) is 0 Å². The number of hydrogen-bond acceptors (Lipinski definition) is 9. The van der Waals surface area contributed by atoms with Crippen molar-refractivity contribution in [2.24, 2.45) is 16.7 Å². The zero-order chi connectivity index (χ0) is 33.2. The third-order valence-corrected chi connectivity index (χ3v) is 10.1. The van der Waals surface area contributed by atoms with Gasteiger partial charge >= 0.3 is 0 Å². The van der Waals surface area contributed by atoms with E-state index in [9.17, 15) is 0 Å². The van der Waals surface area contributed by atoms with Gasteiger partial charge in [0.15, 0.2) is 25.4 Å². The zero-order valence-corrected chi connectivity index (χ0v) is 31.6. The third-order valence-electron chi connectivity index (χ3n) is 8.79. The van der Waals surface area contributed by atoms with Crippen LogP contribution in [0.3, 0.4) is 0 Å². The van der Waals surface area contributed by atoms with E-state index in [1.807, 2.05) is 56.4 Å². The van der Waals surface area contributed by atoms with Crippen molar-refractivity contribution in [1.29, 1.82) is 0 Å². The van der Waals surface area contributed by atoms with Crippen molar-refractivity contribution >= 4 is 25.3 Å². The molecule has 4 aromatic rings. The number of rotatable bonds is 12. The van der Waals surface area contributed by atoms with E-state index in [2.05, 4.69) is 75.7 Å². The summed E-state index contributed by atoms with van der Waals surface area (Å²) in [6.07, 6.45) is 1.34. The van der Waals surface area contributed by atoms with Gasteiger partial charge in [0.05, 0.1) is 29.2 Å². The predicted molar refractivity (Wildman–Crippen MR) is 188 cm³/mol. The second kappa shape index (κ2) is 13.8. The van der Waals surface area contributed by atoms with E-state index >= 15 is 0 Å². The lowest BCUT2D eigenvalue weighted by Crippen LogP contribution is -2.50. The summed E-state index contributed by atoms with van der Waals surface area (Å²) in [5, 5.41) is 4.20. The molecule has 3 aromatic heterocycles. The Bertz CT molecular complexity index is 1600. The molecule has 0 fully saturated rings. The first-order valence-corrected chi connectivity index (χ1v) is 20.1. The van der Waals surface area contributed by atoms with E-state index in [1.165, 1.54) is 5.56 Å². The number of fused-ring (bicyclic) bond motifs is 1. The Labute approximate surface area is 278 Å². The monoisotopic (exact) mass is 658 g/mol. The molecule has 0 saturated heterocycles. The number of hydrogen-bond donors (Lipinski definition) is 0. The molecule has 0 saturated carbocycles. The lowest BCUT2D eigenvalue weighted by molar-refractivity contribution is -0.125. The van der Waals surface area contributed by atoms with Gasteiger partial charge < -0.3 is 23.0 Å². The largest absolute Gasteiger partial charge is 0.490 e. The fraction of sp³-hybridized carbons (Fsp3) is 0.457. The van der Waals surface area contributed by atoms with E-state index in [-0.39, 0.29) is 29.1 Å². The van der Waals surface area contributed by atoms with E-state index in [1.54, 1.807) is 0 Å². The Morgan fingerprint density at radius 1 is 0.957 bits per heavy atom. The highest BCUT2D eigenvalue weighted by Crippen LogP contribution is 2.42. The van der Waals surface area contributed by atoms with Crippen LogP contribution in [0.25, 0.3) is 22.6 Å². The van der Waals surface area contributed by atoms with Crippen LogP contribution in [0, 0.1) is 37.5 Å². The molecule has 0 spiro atoms. The molecule has 1 aromatic carbocycles. The van der Waals surface area contributed by atoms with E-state index in [0.717, 1.165) is 52.1 Å². The van der Waals surface area contributed by atoms with E-state index in [4.69, 9.17) is 28.1 Å². The SMILES string of the molecule is [CH2]C(C(Oc1cccc(-c2nc(-c3c(C)noc3C)cc(N3Cc4cccnc4C3)n2)c1)C(C)(C)C)C(C)(C)C(O[SiH2]C)O[SiH2]C. The molecular formula is C35H48N5O4Si2. The van der Waals surface area contributed by atoms with Crippen LogP contribution in [-0.2, 0) is 21.9 Å². The lowest BCUT2D eigenvalue weighted by Gasteiger charge is -2.46. The fourth-order valence-electron chi connectivity index (χ4n) is 6.13. The minimum absolute atomic E-state index is 0.113. The van der Waals surface area contributed by atoms with Crippen molar-refractivity contribution in [2.45, 2.75) is 87.0 Å². The van der Waals surface area contributed by atoms with Gasteiger partial charge in [-0.05, 0) is 49.9 Å². The molecule has 9 nitrogen and oxygen atoms in total. The third kappa shape index (κ3) is 7.12. The maximum atomic E-state index is 6.86. The smallest absolute Gasteiger partial charge is 0.162 e. The van der Waals surface area contributed by atoms with Crippen LogP contribution < -0.4 is 9.64 Å². The molecule has 46 heavy (non-hydrogen) atoms. The van der Waals surface area contributed by atoms with Gasteiger partial charge in [0.2, 0.25) is 0 Å². The normalized spacial score (nSPS) is 16.0. The summed E-state index contributed by atoms with van der Waals surface area (Å²) in [5.41, 5.74) is 5.00. The molecule has 5 rings (SSSR count). The van der Waals surface area contributed by atoms with Crippen molar-refractivity contribution < 1.29 is 18.1 Å². The van der Waals surface area contributed by atoms with E-state index < -0.39 is 19.5 Å². The Balaban J connectivity index is 1.51. The average molecular weight is 659 g/mol. The van der Waals surface area contributed by atoms with Crippen LogP contribution in [0.1, 0.15) is 57.3 Å². The van der Waals surface area contributed by atoms with Gasteiger partial charge in [-0.1, -0.05) is 71.1 Å². The molecular weight excluding hydrogens is 611 g/mol. The first kappa shape index (κ1) is 34.0.